The molecule has 1 aliphatic heterocycles. The van der Waals surface area contributed by atoms with Gasteiger partial charge in [0.25, 0.3) is 0 Å². The summed E-state index contributed by atoms with van der Waals surface area (Å²) in [4.78, 5) is 2.09. The maximum absolute atomic E-state index is 9.11. The standard InChI is InChI=1S/C11H15NO/c1-9-11-5-3-2-4-10(11)6-7-12(9)8-13/h2-5,9,13H,6-8H2,1H3/t9-/m1/s1. The Labute approximate surface area is 78.8 Å². The fraction of sp³-hybridized carbons (Fsp3) is 0.455. The second-order valence-electron chi connectivity index (χ2n) is 3.58. The van der Waals surface area contributed by atoms with Crippen LogP contribution in [0, 0.1) is 0 Å². The lowest BCUT2D eigenvalue weighted by molar-refractivity contribution is 0.0680. The van der Waals surface area contributed by atoms with Crippen molar-refractivity contribution in [3.8, 4) is 0 Å². The van der Waals surface area contributed by atoms with Crippen molar-refractivity contribution >= 4 is 0 Å². The van der Waals surface area contributed by atoms with Gasteiger partial charge in [-0.3, -0.25) is 4.90 Å². The average molecular weight is 177 g/mol. The van der Waals surface area contributed by atoms with Crippen molar-refractivity contribution in [2.45, 2.75) is 19.4 Å². The molecular formula is C11H15NO. The third kappa shape index (κ3) is 1.47. The predicted octanol–water partition coefficient (Wildman–Crippen LogP) is 1.56. The molecule has 0 bridgehead atoms. The van der Waals surface area contributed by atoms with E-state index in [1.165, 1.54) is 11.1 Å². The zero-order valence-corrected chi connectivity index (χ0v) is 7.90. The summed E-state index contributed by atoms with van der Waals surface area (Å²) in [6, 6.07) is 8.84. The van der Waals surface area contributed by atoms with Gasteiger partial charge in [0, 0.05) is 12.6 Å². The number of nitrogens with zero attached hydrogens (tertiary/aromatic N) is 1. The lowest BCUT2D eigenvalue weighted by Crippen LogP contribution is -2.34. The van der Waals surface area contributed by atoms with Gasteiger partial charge < -0.3 is 5.11 Å². The van der Waals surface area contributed by atoms with Crippen LogP contribution in [0.3, 0.4) is 0 Å². The molecule has 13 heavy (non-hydrogen) atoms. The van der Waals surface area contributed by atoms with E-state index in [-0.39, 0.29) is 6.73 Å². The molecule has 1 atom stereocenters. The molecular weight excluding hydrogens is 162 g/mol. The number of hydrogen-bond donors (Lipinski definition) is 1. The fourth-order valence-electron chi connectivity index (χ4n) is 2.02. The average Bonchev–Trinajstić information content (AvgIpc) is 2.19. The summed E-state index contributed by atoms with van der Waals surface area (Å²) in [5.74, 6) is 0. The highest BCUT2D eigenvalue weighted by atomic mass is 16.3. The summed E-state index contributed by atoms with van der Waals surface area (Å²) < 4.78 is 0. The Morgan fingerprint density at radius 2 is 2.23 bits per heavy atom. The summed E-state index contributed by atoms with van der Waals surface area (Å²) >= 11 is 0. The second-order valence-corrected chi connectivity index (χ2v) is 3.58. The van der Waals surface area contributed by atoms with Crippen LogP contribution in [0.4, 0.5) is 0 Å². The van der Waals surface area contributed by atoms with Gasteiger partial charge in [0.1, 0.15) is 0 Å². The van der Waals surface area contributed by atoms with Crippen LogP contribution in [-0.4, -0.2) is 23.3 Å². The molecule has 0 aliphatic carbocycles. The third-order valence-corrected chi connectivity index (χ3v) is 2.90. The van der Waals surface area contributed by atoms with E-state index < -0.39 is 0 Å². The maximum Gasteiger partial charge on any atom is 0.0961 e. The molecule has 0 unspecified atom stereocenters. The summed E-state index contributed by atoms with van der Waals surface area (Å²) in [6.07, 6.45) is 1.06. The van der Waals surface area contributed by atoms with Crippen LogP contribution in [0.25, 0.3) is 0 Å². The van der Waals surface area contributed by atoms with Crippen molar-refractivity contribution in [1.82, 2.24) is 4.90 Å². The summed E-state index contributed by atoms with van der Waals surface area (Å²) in [7, 11) is 0. The minimum atomic E-state index is 0.162. The molecule has 2 nitrogen and oxygen atoms in total. The molecule has 1 N–H and O–H groups in total. The first-order valence-corrected chi connectivity index (χ1v) is 4.75. The van der Waals surface area contributed by atoms with Crippen LogP contribution < -0.4 is 0 Å². The van der Waals surface area contributed by atoms with E-state index in [1.807, 2.05) is 0 Å². The molecule has 2 heteroatoms. The van der Waals surface area contributed by atoms with Crippen LogP contribution in [0.2, 0.25) is 0 Å². The van der Waals surface area contributed by atoms with Crippen molar-refractivity contribution in [3.63, 3.8) is 0 Å². The van der Waals surface area contributed by atoms with Gasteiger partial charge in [0.05, 0.1) is 6.73 Å². The highest BCUT2D eigenvalue weighted by Crippen LogP contribution is 2.28. The molecule has 0 saturated heterocycles. The van der Waals surface area contributed by atoms with Crippen molar-refractivity contribution in [3.05, 3.63) is 35.4 Å². The lowest BCUT2D eigenvalue weighted by atomic mass is 9.94. The molecule has 1 heterocycles. The van der Waals surface area contributed by atoms with Crippen LogP contribution in [-0.2, 0) is 6.42 Å². The smallest absolute Gasteiger partial charge is 0.0961 e. The second kappa shape index (κ2) is 3.48. The molecule has 0 spiro atoms. The molecule has 2 rings (SSSR count). The Hall–Kier alpha value is -0.860. The first-order valence-electron chi connectivity index (χ1n) is 4.75. The molecule has 0 fully saturated rings. The molecule has 70 valence electrons. The van der Waals surface area contributed by atoms with Crippen molar-refractivity contribution in [1.29, 1.82) is 0 Å². The zero-order chi connectivity index (χ0) is 9.26. The minimum absolute atomic E-state index is 0.162. The topological polar surface area (TPSA) is 23.5 Å². The van der Waals surface area contributed by atoms with Crippen LogP contribution >= 0.6 is 0 Å². The van der Waals surface area contributed by atoms with E-state index in [9.17, 15) is 0 Å². The zero-order valence-electron chi connectivity index (χ0n) is 7.90. The van der Waals surface area contributed by atoms with Gasteiger partial charge in [0.15, 0.2) is 0 Å². The van der Waals surface area contributed by atoms with E-state index >= 15 is 0 Å². The molecule has 1 aliphatic rings. The van der Waals surface area contributed by atoms with Gasteiger partial charge >= 0.3 is 0 Å². The summed E-state index contributed by atoms with van der Waals surface area (Å²) in [5.41, 5.74) is 2.79. The quantitative estimate of drug-likeness (QED) is 0.703. The number of hydrogen-bond acceptors (Lipinski definition) is 2. The van der Waals surface area contributed by atoms with Gasteiger partial charge in [-0.05, 0) is 24.5 Å². The molecule has 0 saturated carbocycles. The lowest BCUT2D eigenvalue weighted by Gasteiger charge is -2.33. The Bertz CT molecular complexity index is 298. The normalized spacial score (nSPS) is 22.8. The third-order valence-electron chi connectivity index (χ3n) is 2.90. The molecule has 1 aromatic rings. The van der Waals surface area contributed by atoms with E-state index in [1.54, 1.807) is 0 Å². The monoisotopic (exact) mass is 177 g/mol. The van der Waals surface area contributed by atoms with Gasteiger partial charge in [-0.15, -0.1) is 0 Å². The molecule has 0 aromatic heterocycles. The van der Waals surface area contributed by atoms with Gasteiger partial charge in [-0.25, -0.2) is 0 Å². The number of fused-ring (bicyclic) bond motifs is 1. The Balaban J connectivity index is 2.33. The number of aliphatic hydroxyl groups is 1. The van der Waals surface area contributed by atoms with Crippen molar-refractivity contribution in [2.24, 2.45) is 0 Å². The van der Waals surface area contributed by atoms with Gasteiger partial charge in [0.2, 0.25) is 0 Å². The van der Waals surface area contributed by atoms with Gasteiger partial charge in [-0.1, -0.05) is 24.3 Å². The largest absolute Gasteiger partial charge is 0.381 e. The van der Waals surface area contributed by atoms with E-state index in [4.69, 9.17) is 5.11 Å². The van der Waals surface area contributed by atoms with Gasteiger partial charge in [-0.2, -0.15) is 0 Å². The first kappa shape index (κ1) is 8.73. The number of aliphatic hydroxyl groups excluding tert-OH is 1. The molecule has 1 aromatic carbocycles. The van der Waals surface area contributed by atoms with E-state index in [0.29, 0.717) is 6.04 Å². The molecule has 0 radical (unpaired) electrons. The maximum atomic E-state index is 9.11. The highest BCUT2D eigenvalue weighted by Gasteiger charge is 2.21. The Morgan fingerprint density at radius 3 is 3.00 bits per heavy atom. The summed E-state index contributed by atoms with van der Waals surface area (Å²) in [6.45, 7) is 3.28. The molecule has 0 amide bonds. The number of rotatable bonds is 1. The van der Waals surface area contributed by atoms with Crippen LogP contribution in [0.5, 0.6) is 0 Å². The minimum Gasteiger partial charge on any atom is -0.381 e. The van der Waals surface area contributed by atoms with Crippen LogP contribution in [0.1, 0.15) is 24.1 Å². The Morgan fingerprint density at radius 1 is 1.46 bits per heavy atom. The fourth-order valence-corrected chi connectivity index (χ4v) is 2.02. The predicted molar refractivity (Wildman–Crippen MR) is 52.4 cm³/mol. The summed E-state index contributed by atoms with van der Waals surface area (Å²) in [5, 5.41) is 9.11. The van der Waals surface area contributed by atoms with Crippen LogP contribution in [0.15, 0.2) is 24.3 Å². The van der Waals surface area contributed by atoms with Crippen molar-refractivity contribution in [2.75, 3.05) is 13.3 Å². The SMILES string of the molecule is C[C@@H]1c2ccccc2CCN1CO. The highest BCUT2D eigenvalue weighted by molar-refractivity contribution is 5.31. The number of benzene rings is 1. The first-order chi connectivity index (χ1) is 6.33. The van der Waals surface area contributed by atoms with E-state index in [2.05, 4.69) is 36.1 Å². The van der Waals surface area contributed by atoms with E-state index in [0.717, 1.165) is 13.0 Å². The Kier molecular flexibility index (Phi) is 2.34. The van der Waals surface area contributed by atoms with Crippen molar-refractivity contribution < 1.29 is 5.11 Å².